The second kappa shape index (κ2) is 7.15. The molecule has 1 saturated carbocycles. The molecule has 0 aromatic heterocycles. The van der Waals surface area contributed by atoms with Gasteiger partial charge in [-0.15, -0.1) is 0 Å². The Hall–Kier alpha value is -0.530. The lowest BCUT2D eigenvalue weighted by atomic mass is 9.72. The Morgan fingerprint density at radius 1 is 1.19 bits per heavy atom. The highest BCUT2D eigenvalue weighted by Gasteiger charge is 2.29. The van der Waals surface area contributed by atoms with Gasteiger partial charge in [0.05, 0.1) is 0 Å². The van der Waals surface area contributed by atoms with Crippen molar-refractivity contribution in [2.75, 3.05) is 6.54 Å². The van der Waals surface area contributed by atoms with Crippen LogP contribution in [0, 0.1) is 17.8 Å². The first-order chi connectivity index (χ1) is 9.83. The minimum absolute atomic E-state index is 0.212. The van der Waals surface area contributed by atoms with E-state index < -0.39 is 0 Å². The maximum absolute atomic E-state index is 6.14. The van der Waals surface area contributed by atoms with E-state index in [0.29, 0.717) is 0 Å². The molecule has 0 spiro atoms. The maximum Gasteiger partial charge on any atom is 0.0408 e. The minimum atomic E-state index is 0.212. The van der Waals surface area contributed by atoms with Crippen molar-refractivity contribution in [1.29, 1.82) is 0 Å². The molecule has 1 aliphatic rings. The molecule has 118 valence electrons. The number of hydrogen-bond acceptors (Lipinski definition) is 1. The highest BCUT2D eigenvalue weighted by atomic mass is 35.5. The largest absolute Gasteiger partial charge is 0.312 e. The highest BCUT2D eigenvalue weighted by Crippen LogP contribution is 2.36. The van der Waals surface area contributed by atoms with Crippen LogP contribution >= 0.6 is 11.6 Å². The molecular formula is C19H30ClN. The average Bonchev–Trinajstić information content (AvgIpc) is 2.36. The van der Waals surface area contributed by atoms with Gasteiger partial charge in [-0.2, -0.15) is 0 Å². The number of hydrogen-bond donors (Lipinski definition) is 1. The lowest BCUT2D eigenvalue weighted by Crippen LogP contribution is -2.42. The van der Waals surface area contributed by atoms with E-state index in [2.05, 4.69) is 51.2 Å². The monoisotopic (exact) mass is 307 g/mol. The summed E-state index contributed by atoms with van der Waals surface area (Å²) in [5.41, 5.74) is 1.60. The van der Waals surface area contributed by atoms with Crippen molar-refractivity contribution >= 4 is 11.6 Å². The fraction of sp³-hybridized carbons (Fsp3) is 0.684. The van der Waals surface area contributed by atoms with Crippen LogP contribution in [0.15, 0.2) is 24.3 Å². The molecule has 3 atom stereocenters. The molecule has 1 aromatic rings. The Bertz CT molecular complexity index is 449. The van der Waals surface area contributed by atoms with Gasteiger partial charge >= 0.3 is 0 Å². The van der Waals surface area contributed by atoms with E-state index >= 15 is 0 Å². The Balaban J connectivity index is 2.01. The lowest BCUT2D eigenvalue weighted by Gasteiger charge is -2.37. The molecule has 0 radical (unpaired) electrons. The van der Waals surface area contributed by atoms with E-state index in [4.69, 9.17) is 11.6 Å². The molecule has 1 aliphatic carbocycles. The fourth-order valence-electron chi connectivity index (χ4n) is 3.48. The molecular weight excluding hydrogens is 278 g/mol. The van der Waals surface area contributed by atoms with Crippen LogP contribution in [0.5, 0.6) is 0 Å². The van der Waals surface area contributed by atoms with Crippen molar-refractivity contribution < 1.29 is 0 Å². The van der Waals surface area contributed by atoms with Crippen LogP contribution in [0.3, 0.4) is 0 Å². The summed E-state index contributed by atoms with van der Waals surface area (Å²) in [6, 6.07) is 8.40. The summed E-state index contributed by atoms with van der Waals surface area (Å²) < 4.78 is 0. The molecule has 0 bridgehead atoms. The Labute approximate surface area is 135 Å². The molecule has 2 heteroatoms. The summed E-state index contributed by atoms with van der Waals surface area (Å²) in [7, 11) is 0. The smallest absolute Gasteiger partial charge is 0.0408 e. The molecule has 1 aromatic carbocycles. The van der Waals surface area contributed by atoms with Gasteiger partial charge in [0.25, 0.3) is 0 Å². The summed E-state index contributed by atoms with van der Waals surface area (Å²) >= 11 is 6.14. The number of rotatable bonds is 4. The first-order valence-electron chi connectivity index (χ1n) is 8.33. The minimum Gasteiger partial charge on any atom is -0.312 e. The predicted octanol–water partition coefficient (Wildman–Crippen LogP) is 5.32. The van der Waals surface area contributed by atoms with Crippen molar-refractivity contribution in [2.45, 2.75) is 58.9 Å². The quantitative estimate of drug-likeness (QED) is 0.793. The maximum atomic E-state index is 6.14. The predicted molar refractivity (Wildman–Crippen MR) is 92.9 cm³/mol. The molecule has 3 unspecified atom stereocenters. The second-order valence-electron chi connectivity index (χ2n) is 7.90. The summed E-state index contributed by atoms with van der Waals surface area (Å²) in [5, 5.41) is 4.57. The van der Waals surface area contributed by atoms with E-state index in [-0.39, 0.29) is 5.54 Å². The van der Waals surface area contributed by atoms with Crippen LogP contribution in [0.25, 0.3) is 0 Å². The van der Waals surface area contributed by atoms with Gasteiger partial charge in [0.15, 0.2) is 0 Å². The van der Waals surface area contributed by atoms with Crippen LogP contribution < -0.4 is 5.32 Å². The first kappa shape index (κ1) is 16.8. The Morgan fingerprint density at radius 2 is 1.95 bits per heavy atom. The van der Waals surface area contributed by atoms with E-state index in [0.717, 1.165) is 29.3 Å². The van der Waals surface area contributed by atoms with Crippen LogP contribution in [-0.2, 0) is 6.42 Å². The molecule has 0 heterocycles. The number of benzene rings is 1. The van der Waals surface area contributed by atoms with Crippen molar-refractivity contribution in [1.82, 2.24) is 5.32 Å². The molecule has 1 nitrogen and oxygen atoms in total. The first-order valence-corrected chi connectivity index (χ1v) is 8.71. The molecule has 0 saturated heterocycles. The molecule has 1 N–H and O–H groups in total. The molecule has 2 rings (SSSR count). The van der Waals surface area contributed by atoms with Crippen molar-refractivity contribution in [2.24, 2.45) is 17.8 Å². The number of nitrogens with one attached hydrogen (secondary N) is 1. The molecule has 21 heavy (non-hydrogen) atoms. The number of halogens is 1. The van der Waals surface area contributed by atoms with Crippen molar-refractivity contribution in [3.63, 3.8) is 0 Å². The SMILES string of the molecule is CC1CCC(CNC(C)(C)C)C(Cc2cccc(Cl)c2)C1. The van der Waals surface area contributed by atoms with Crippen LogP contribution in [0.4, 0.5) is 0 Å². The van der Waals surface area contributed by atoms with Crippen LogP contribution in [0.2, 0.25) is 5.02 Å². The third kappa shape index (κ3) is 5.64. The van der Waals surface area contributed by atoms with Gasteiger partial charge in [-0.3, -0.25) is 0 Å². The van der Waals surface area contributed by atoms with Gasteiger partial charge < -0.3 is 5.32 Å². The molecule has 1 fully saturated rings. The van der Waals surface area contributed by atoms with Gasteiger partial charge in [-0.1, -0.05) is 37.1 Å². The summed E-state index contributed by atoms with van der Waals surface area (Å²) in [6.45, 7) is 10.3. The lowest BCUT2D eigenvalue weighted by molar-refractivity contribution is 0.174. The summed E-state index contributed by atoms with van der Waals surface area (Å²) in [5.74, 6) is 2.43. The second-order valence-corrected chi connectivity index (χ2v) is 8.34. The summed E-state index contributed by atoms with van der Waals surface area (Å²) in [6.07, 6.45) is 5.25. The van der Waals surface area contributed by atoms with Gasteiger partial charge in [-0.25, -0.2) is 0 Å². The van der Waals surface area contributed by atoms with E-state index in [1.54, 1.807) is 0 Å². The summed E-state index contributed by atoms with van der Waals surface area (Å²) in [4.78, 5) is 0. The third-order valence-electron chi connectivity index (χ3n) is 4.68. The van der Waals surface area contributed by atoms with Gasteiger partial charge in [0, 0.05) is 10.6 Å². The van der Waals surface area contributed by atoms with Crippen molar-refractivity contribution in [3.05, 3.63) is 34.9 Å². The molecule has 0 amide bonds. The normalized spacial score (nSPS) is 26.8. The van der Waals surface area contributed by atoms with Crippen LogP contribution in [0.1, 0.15) is 52.5 Å². The fourth-order valence-corrected chi connectivity index (χ4v) is 3.70. The van der Waals surface area contributed by atoms with Gasteiger partial charge in [0.1, 0.15) is 0 Å². The van der Waals surface area contributed by atoms with Crippen LogP contribution in [-0.4, -0.2) is 12.1 Å². The molecule has 0 aliphatic heterocycles. The zero-order chi connectivity index (χ0) is 15.5. The standard InChI is InChI=1S/C19H30ClN/c1-14-8-9-16(13-21-19(2,3)4)17(10-14)11-15-6-5-7-18(20)12-15/h5-7,12,14,16-17,21H,8-11,13H2,1-4H3. The third-order valence-corrected chi connectivity index (χ3v) is 4.92. The van der Waals surface area contributed by atoms with Crippen molar-refractivity contribution in [3.8, 4) is 0 Å². The Kier molecular flexibility index (Phi) is 5.73. The topological polar surface area (TPSA) is 12.0 Å². The van der Waals surface area contributed by atoms with E-state index in [1.807, 2.05) is 6.07 Å². The van der Waals surface area contributed by atoms with E-state index in [9.17, 15) is 0 Å². The van der Waals surface area contributed by atoms with Gasteiger partial charge in [0.2, 0.25) is 0 Å². The van der Waals surface area contributed by atoms with Gasteiger partial charge in [-0.05, 0) is 82.0 Å². The average molecular weight is 308 g/mol. The zero-order valence-corrected chi connectivity index (χ0v) is 14.7. The van der Waals surface area contributed by atoms with E-state index in [1.165, 1.54) is 31.2 Å². The zero-order valence-electron chi connectivity index (χ0n) is 14.0. The highest BCUT2D eigenvalue weighted by molar-refractivity contribution is 6.30. The Morgan fingerprint density at radius 3 is 2.62 bits per heavy atom.